The molecule has 16 heavy (non-hydrogen) atoms. The molecule has 0 aliphatic heterocycles. The minimum Gasteiger partial charge on any atom is -0.466 e. The molecule has 0 saturated heterocycles. The Hall–Kier alpha value is -0.810. The standard InChI is InChI=1S/C11H19NO3S/c1-9(2)11-7-6-10(15-11)5-3-4-8-16(12,13)14/h6-7,9H,3-5,8H2,1-2H3,(H2,12,13,14). The number of hydrogen-bond acceptors (Lipinski definition) is 3. The Morgan fingerprint density at radius 2 is 2.00 bits per heavy atom. The van der Waals surface area contributed by atoms with E-state index >= 15 is 0 Å². The van der Waals surface area contributed by atoms with Crippen molar-refractivity contribution in [1.82, 2.24) is 0 Å². The number of nitrogens with two attached hydrogens (primary N) is 1. The predicted molar refractivity (Wildman–Crippen MR) is 63.7 cm³/mol. The van der Waals surface area contributed by atoms with Crippen LogP contribution in [-0.4, -0.2) is 14.2 Å². The van der Waals surface area contributed by atoms with Crippen LogP contribution in [0, 0.1) is 0 Å². The van der Waals surface area contributed by atoms with E-state index in [4.69, 9.17) is 9.56 Å². The molecule has 0 bridgehead atoms. The van der Waals surface area contributed by atoms with Crippen LogP contribution in [0.4, 0.5) is 0 Å². The molecule has 0 spiro atoms. The summed E-state index contributed by atoms with van der Waals surface area (Å²) in [6, 6.07) is 3.92. The third-order valence-electron chi connectivity index (χ3n) is 2.35. The van der Waals surface area contributed by atoms with Gasteiger partial charge in [-0.15, -0.1) is 0 Å². The number of unbranched alkanes of at least 4 members (excludes halogenated alkanes) is 1. The molecule has 0 radical (unpaired) electrons. The first-order valence-corrected chi connectivity index (χ1v) is 7.19. The Bertz CT molecular complexity index is 420. The number of hydrogen-bond donors (Lipinski definition) is 1. The first-order chi connectivity index (χ1) is 7.38. The molecule has 1 aromatic heterocycles. The minimum absolute atomic E-state index is 0.0464. The molecule has 0 atom stereocenters. The average Bonchev–Trinajstić information content (AvgIpc) is 2.59. The van der Waals surface area contributed by atoms with E-state index in [1.54, 1.807) is 0 Å². The monoisotopic (exact) mass is 245 g/mol. The van der Waals surface area contributed by atoms with Gasteiger partial charge in [-0.3, -0.25) is 0 Å². The third-order valence-corrected chi connectivity index (χ3v) is 3.21. The highest BCUT2D eigenvalue weighted by molar-refractivity contribution is 7.89. The summed E-state index contributed by atoms with van der Waals surface area (Å²) in [5.41, 5.74) is 0. The van der Waals surface area contributed by atoms with E-state index in [1.165, 1.54) is 0 Å². The van der Waals surface area contributed by atoms with Gasteiger partial charge in [-0.2, -0.15) is 0 Å². The molecular weight excluding hydrogens is 226 g/mol. The van der Waals surface area contributed by atoms with E-state index in [9.17, 15) is 8.42 Å². The van der Waals surface area contributed by atoms with Crippen molar-refractivity contribution in [2.45, 2.75) is 39.0 Å². The predicted octanol–water partition coefficient (Wildman–Crippen LogP) is 2.01. The summed E-state index contributed by atoms with van der Waals surface area (Å²) >= 11 is 0. The topological polar surface area (TPSA) is 73.3 Å². The van der Waals surface area contributed by atoms with E-state index in [0.717, 1.165) is 24.4 Å². The molecule has 2 N–H and O–H groups in total. The van der Waals surface area contributed by atoms with E-state index in [0.29, 0.717) is 12.3 Å². The number of primary sulfonamides is 1. The summed E-state index contributed by atoms with van der Waals surface area (Å²) in [4.78, 5) is 0. The van der Waals surface area contributed by atoms with Crippen molar-refractivity contribution < 1.29 is 12.8 Å². The Labute approximate surface area is 96.9 Å². The normalized spacial score (nSPS) is 12.2. The molecule has 0 aromatic carbocycles. The van der Waals surface area contributed by atoms with Crippen molar-refractivity contribution in [3.63, 3.8) is 0 Å². The summed E-state index contributed by atoms with van der Waals surface area (Å²) in [7, 11) is -3.32. The van der Waals surface area contributed by atoms with Gasteiger partial charge in [0.2, 0.25) is 10.0 Å². The Kier molecular flexibility index (Phi) is 4.56. The Morgan fingerprint density at radius 3 is 2.50 bits per heavy atom. The average molecular weight is 245 g/mol. The van der Waals surface area contributed by atoms with Gasteiger partial charge in [0.15, 0.2) is 0 Å². The second kappa shape index (κ2) is 5.50. The van der Waals surface area contributed by atoms with Crippen molar-refractivity contribution in [2.75, 3.05) is 5.75 Å². The largest absolute Gasteiger partial charge is 0.466 e. The SMILES string of the molecule is CC(C)c1ccc(CCCCS(N)(=O)=O)o1. The number of rotatable bonds is 6. The van der Waals surface area contributed by atoms with Crippen LogP contribution in [0.5, 0.6) is 0 Å². The lowest BCUT2D eigenvalue weighted by atomic mass is 10.2. The van der Waals surface area contributed by atoms with Gasteiger partial charge >= 0.3 is 0 Å². The van der Waals surface area contributed by atoms with Gasteiger partial charge in [-0.1, -0.05) is 13.8 Å². The summed E-state index contributed by atoms with van der Waals surface area (Å²) < 4.78 is 27.0. The summed E-state index contributed by atoms with van der Waals surface area (Å²) in [5, 5.41) is 4.91. The molecule has 1 aromatic rings. The van der Waals surface area contributed by atoms with Crippen molar-refractivity contribution in [3.8, 4) is 0 Å². The summed E-state index contributed by atoms with van der Waals surface area (Å²) in [6.07, 6.45) is 2.13. The second-order valence-electron chi connectivity index (χ2n) is 4.28. The fourth-order valence-electron chi connectivity index (χ4n) is 1.44. The van der Waals surface area contributed by atoms with Gasteiger partial charge in [0.25, 0.3) is 0 Å². The summed E-state index contributed by atoms with van der Waals surface area (Å²) in [6.45, 7) is 4.15. The van der Waals surface area contributed by atoms with Crippen LogP contribution < -0.4 is 5.14 Å². The number of furan rings is 1. The van der Waals surface area contributed by atoms with Crippen LogP contribution in [-0.2, 0) is 16.4 Å². The quantitative estimate of drug-likeness (QED) is 0.779. The van der Waals surface area contributed by atoms with Crippen molar-refractivity contribution >= 4 is 10.0 Å². The maximum Gasteiger partial charge on any atom is 0.209 e. The van der Waals surface area contributed by atoms with E-state index < -0.39 is 10.0 Å². The lowest BCUT2D eigenvalue weighted by Crippen LogP contribution is -2.16. The van der Waals surface area contributed by atoms with Crippen LogP contribution in [0.3, 0.4) is 0 Å². The molecule has 92 valence electrons. The van der Waals surface area contributed by atoms with Crippen LogP contribution in [0.25, 0.3) is 0 Å². The molecule has 0 unspecified atom stereocenters. The fourth-order valence-corrected chi connectivity index (χ4v) is 2.05. The zero-order chi connectivity index (χ0) is 12.2. The maximum atomic E-state index is 10.7. The van der Waals surface area contributed by atoms with Gasteiger partial charge < -0.3 is 4.42 Å². The molecule has 4 nitrogen and oxygen atoms in total. The molecule has 0 aliphatic rings. The number of sulfonamides is 1. The van der Waals surface area contributed by atoms with Crippen LogP contribution in [0.15, 0.2) is 16.5 Å². The third kappa shape index (κ3) is 4.81. The molecule has 0 amide bonds. The second-order valence-corrected chi connectivity index (χ2v) is 6.02. The van der Waals surface area contributed by atoms with Gasteiger partial charge in [0, 0.05) is 12.3 Å². The lowest BCUT2D eigenvalue weighted by Gasteiger charge is -2.00. The smallest absolute Gasteiger partial charge is 0.209 e. The van der Waals surface area contributed by atoms with E-state index in [2.05, 4.69) is 13.8 Å². The minimum atomic E-state index is -3.32. The maximum absolute atomic E-state index is 10.7. The molecule has 0 fully saturated rings. The molecular formula is C11H19NO3S. The zero-order valence-corrected chi connectivity index (χ0v) is 10.6. The number of aryl methyl sites for hydroxylation is 1. The van der Waals surface area contributed by atoms with Crippen LogP contribution in [0.2, 0.25) is 0 Å². The Balaban J connectivity index is 2.32. The Morgan fingerprint density at radius 1 is 1.31 bits per heavy atom. The van der Waals surface area contributed by atoms with Gasteiger partial charge in [0.1, 0.15) is 11.5 Å². The zero-order valence-electron chi connectivity index (χ0n) is 9.77. The highest BCUT2D eigenvalue weighted by atomic mass is 32.2. The fraction of sp³-hybridized carbons (Fsp3) is 0.636. The van der Waals surface area contributed by atoms with Gasteiger partial charge in [-0.25, -0.2) is 13.6 Å². The van der Waals surface area contributed by atoms with Gasteiger partial charge in [-0.05, 0) is 25.0 Å². The lowest BCUT2D eigenvalue weighted by molar-refractivity contribution is 0.442. The van der Waals surface area contributed by atoms with E-state index in [-0.39, 0.29) is 5.75 Å². The molecule has 1 rings (SSSR count). The first kappa shape index (κ1) is 13.3. The molecule has 5 heteroatoms. The van der Waals surface area contributed by atoms with Crippen LogP contribution in [0.1, 0.15) is 44.1 Å². The first-order valence-electron chi connectivity index (χ1n) is 5.47. The van der Waals surface area contributed by atoms with E-state index in [1.807, 2.05) is 12.1 Å². The summed E-state index contributed by atoms with van der Waals surface area (Å²) in [5.74, 6) is 2.32. The molecule has 0 aliphatic carbocycles. The molecule has 1 heterocycles. The van der Waals surface area contributed by atoms with Crippen molar-refractivity contribution in [3.05, 3.63) is 23.7 Å². The van der Waals surface area contributed by atoms with Crippen LogP contribution >= 0.6 is 0 Å². The highest BCUT2D eigenvalue weighted by Crippen LogP contribution is 2.18. The highest BCUT2D eigenvalue weighted by Gasteiger charge is 2.06. The van der Waals surface area contributed by atoms with Gasteiger partial charge in [0.05, 0.1) is 5.75 Å². The van der Waals surface area contributed by atoms with Crippen molar-refractivity contribution in [1.29, 1.82) is 0 Å². The molecule has 0 saturated carbocycles. The van der Waals surface area contributed by atoms with Crippen molar-refractivity contribution in [2.24, 2.45) is 5.14 Å².